The van der Waals surface area contributed by atoms with E-state index < -0.39 is 0 Å². The molecule has 10 rings (SSSR count). The van der Waals surface area contributed by atoms with E-state index in [0.717, 1.165) is 34.2 Å². The van der Waals surface area contributed by atoms with Crippen molar-refractivity contribution in [3.63, 3.8) is 0 Å². The Balaban J connectivity index is 1.21. The van der Waals surface area contributed by atoms with Gasteiger partial charge in [-0.25, -0.2) is 4.57 Å². The minimum Gasteiger partial charge on any atom is -0.404 e. The van der Waals surface area contributed by atoms with Gasteiger partial charge in [0.25, 0.3) is 11.8 Å². The monoisotopic (exact) mass is 608 g/mol. The van der Waals surface area contributed by atoms with Crippen molar-refractivity contribution in [1.29, 1.82) is 0 Å². The summed E-state index contributed by atoms with van der Waals surface area (Å²) in [4.78, 5) is 0. The normalized spacial score (nSPS) is 14.2. The molecule has 4 aromatic carbocycles. The Hall–Kier alpha value is -5.94. The minimum atomic E-state index is -0.0978. The molecule has 8 aromatic rings. The number of rotatable bonds is 3. The average molecular weight is 609 g/mol. The first-order valence-electron chi connectivity index (χ1n) is 16.2. The number of hydrogen-bond acceptors (Lipinski definition) is 1. The number of aromatic nitrogens is 4. The topological polar surface area (TPSA) is 26.8 Å². The van der Waals surface area contributed by atoms with Crippen LogP contribution in [0.1, 0.15) is 22.9 Å². The van der Waals surface area contributed by atoms with Crippen LogP contribution in [0, 0.1) is 13.8 Å². The van der Waals surface area contributed by atoms with Crippen LogP contribution in [0.15, 0.2) is 134 Å². The molecule has 1 unspecified atom stereocenters. The number of fused-ring (bicyclic) bond motifs is 8. The number of ether oxygens (including phenoxy) is 1. The summed E-state index contributed by atoms with van der Waals surface area (Å²) in [6.45, 7) is 4.48. The van der Waals surface area contributed by atoms with E-state index in [1.807, 2.05) is 0 Å². The Labute approximate surface area is 272 Å². The van der Waals surface area contributed by atoms with Crippen molar-refractivity contribution in [3.05, 3.63) is 150 Å². The van der Waals surface area contributed by atoms with Crippen LogP contribution in [0.2, 0.25) is 0 Å². The predicted molar refractivity (Wildman–Crippen MR) is 186 cm³/mol. The lowest BCUT2D eigenvalue weighted by Crippen LogP contribution is -2.45. The number of benzene rings is 4. The largest absolute Gasteiger partial charge is 0.404 e. The first-order chi connectivity index (χ1) is 23.1. The first kappa shape index (κ1) is 26.3. The summed E-state index contributed by atoms with van der Waals surface area (Å²) in [5.41, 5.74) is 14.5. The lowest BCUT2D eigenvalue weighted by Gasteiger charge is -2.22. The van der Waals surface area contributed by atoms with Crippen molar-refractivity contribution in [2.45, 2.75) is 20.0 Å². The first-order valence-corrected chi connectivity index (χ1v) is 16.2. The third-order valence-electron chi connectivity index (χ3n) is 10.1. The van der Waals surface area contributed by atoms with Crippen molar-refractivity contribution in [1.82, 2.24) is 9.13 Å². The van der Waals surface area contributed by atoms with Gasteiger partial charge < -0.3 is 4.74 Å². The molecule has 1 atom stereocenters. The van der Waals surface area contributed by atoms with E-state index >= 15 is 0 Å². The molecule has 0 N–H and O–H groups in total. The van der Waals surface area contributed by atoms with Gasteiger partial charge in [0.2, 0.25) is 5.69 Å². The molecule has 2 aliphatic rings. The van der Waals surface area contributed by atoms with Crippen molar-refractivity contribution >= 4 is 21.9 Å². The molecule has 0 saturated carbocycles. The van der Waals surface area contributed by atoms with E-state index in [1.165, 1.54) is 55.4 Å². The van der Waals surface area contributed by atoms with Gasteiger partial charge in [0.05, 0.1) is 24.7 Å². The second-order valence-electron chi connectivity index (χ2n) is 12.9. The fourth-order valence-electron chi connectivity index (χ4n) is 8.21. The Morgan fingerprint density at radius 2 is 1.45 bits per heavy atom. The van der Waals surface area contributed by atoms with Crippen LogP contribution in [0.4, 0.5) is 0 Å². The number of aryl methyl sites for hydroxylation is 3. The van der Waals surface area contributed by atoms with E-state index in [4.69, 9.17) is 4.74 Å². The quantitative estimate of drug-likeness (QED) is 0.184. The van der Waals surface area contributed by atoms with Crippen LogP contribution in [0.3, 0.4) is 0 Å². The highest BCUT2D eigenvalue weighted by molar-refractivity contribution is 6.07. The molecule has 0 radical (unpaired) electrons. The molecule has 0 bridgehead atoms. The van der Waals surface area contributed by atoms with Crippen LogP contribution in [-0.2, 0) is 7.05 Å². The maximum Gasteiger partial charge on any atom is 0.376 e. The highest BCUT2D eigenvalue weighted by Gasteiger charge is 2.48. The molecule has 6 heterocycles. The second kappa shape index (κ2) is 9.54. The van der Waals surface area contributed by atoms with E-state index in [2.05, 4.69) is 173 Å². The van der Waals surface area contributed by atoms with Crippen molar-refractivity contribution in [3.8, 4) is 51.0 Å². The van der Waals surface area contributed by atoms with E-state index in [1.54, 1.807) is 0 Å². The zero-order valence-corrected chi connectivity index (χ0v) is 26.5. The lowest BCUT2D eigenvalue weighted by atomic mass is 9.92. The SMILES string of the molecule is Cc1cc(-c2ccccc2)cc(C)c1-c1cc2n(c1)C1c3c(cccc3-n3c4ccccc4c4ccc[n+](C)c43)Oc3cccc-2[n+]31. The Bertz CT molecular complexity index is 2570. The smallest absolute Gasteiger partial charge is 0.376 e. The number of hydrogen-bond donors (Lipinski definition) is 0. The Morgan fingerprint density at radius 3 is 2.30 bits per heavy atom. The fourth-order valence-corrected chi connectivity index (χ4v) is 8.21. The summed E-state index contributed by atoms with van der Waals surface area (Å²) in [7, 11) is 2.13. The molecule has 0 spiro atoms. The van der Waals surface area contributed by atoms with E-state index in [-0.39, 0.29) is 6.17 Å². The van der Waals surface area contributed by atoms with Gasteiger partial charge in [0, 0.05) is 23.2 Å². The molecule has 4 aromatic heterocycles. The van der Waals surface area contributed by atoms with Crippen molar-refractivity contribution in [2.75, 3.05) is 0 Å². The van der Waals surface area contributed by atoms with Crippen molar-refractivity contribution < 1.29 is 13.9 Å². The molecular formula is C42H32N4O+2. The molecule has 0 aliphatic carbocycles. The average Bonchev–Trinajstić information content (AvgIpc) is 3.76. The molecular weight excluding hydrogens is 576 g/mol. The summed E-state index contributed by atoms with van der Waals surface area (Å²) >= 11 is 0. The Kier molecular flexibility index (Phi) is 5.33. The van der Waals surface area contributed by atoms with Crippen LogP contribution < -0.4 is 13.9 Å². The highest BCUT2D eigenvalue weighted by atomic mass is 16.5. The molecule has 0 saturated heterocycles. The highest BCUT2D eigenvalue weighted by Crippen LogP contribution is 2.47. The van der Waals surface area contributed by atoms with E-state index in [0.29, 0.717) is 0 Å². The molecule has 0 amide bonds. The van der Waals surface area contributed by atoms with Gasteiger partial charge in [-0.05, 0) is 90.2 Å². The second-order valence-corrected chi connectivity index (χ2v) is 12.9. The summed E-state index contributed by atoms with van der Waals surface area (Å²) in [5.74, 6) is 1.74. The molecule has 2 aliphatic heterocycles. The Morgan fingerprint density at radius 1 is 0.681 bits per heavy atom. The summed E-state index contributed by atoms with van der Waals surface area (Å²) in [6, 6.07) is 43.6. The predicted octanol–water partition coefficient (Wildman–Crippen LogP) is 8.83. The van der Waals surface area contributed by atoms with Crippen LogP contribution in [-0.4, -0.2) is 9.13 Å². The molecule has 47 heavy (non-hydrogen) atoms. The van der Waals surface area contributed by atoms with Gasteiger partial charge in [0.15, 0.2) is 0 Å². The maximum absolute atomic E-state index is 6.70. The third kappa shape index (κ3) is 3.59. The molecule has 224 valence electrons. The summed E-state index contributed by atoms with van der Waals surface area (Å²) in [5, 5.41) is 2.47. The number of pyridine rings is 2. The zero-order valence-electron chi connectivity index (χ0n) is 26.5. The van der Waals surface area contributed by atoms with Crippen LogP contribution >= 0.6 is 0 Å². The summed E-state index contributed by atoms with van der Waals surface area (Å²) < 4.78 is 16.2. The van der Waals surface area contributed by atoms with Gasteiger partial charge in [-0.2, -0.15) is 4.57 Å². The van der Waals surface area contributed by atoms with Crippen LogP contribution in [0.25, 0.3) is 61.3 Å². The third-order valence-corrected chi connectivity index (χ3v) is 10.1. The van der Waals surface area contributed by atoms with Gasteiger partial charge in [-0.15, -0.1) is 4.57 Å². The fraction of sp³-hybridized carbons (Fsp3) is 0.0952. The van der Waals surface area contributed by atoms with Gasteiger partial charge in [-0.3, -0.25) is 4.57 Å². The van der Waals surface area contributed by atoms with Crippen LogP contribution in [0.5, 0.6) is 11.6 Å². The molecule has 5 nitrogen and oxygen atoms in total. The van der Waals surface area contributed by atoms with Crippen molar-refractivity contribution in [2.24, 2.45) is 7.05 Å². The van der Waals surface area contributed by atoms with Gasteiger partial charge in [0.1, 0.15) is 28.2 Å². The number of nitrogens with zero attached hydrogens (tertiary/aromatic N) is 4. The zero-order chi connectivity index (χ0) is 31.4. The summed E-state index contributed by atoms with van der Waals surface area (Å²) in [6.07, 6.45) is 4.39. The van der Waals surface area contributed by atoms with E-state index in [9.17, 15) is 0 Å². The molecule has 5 heteroatoms. The minimum absolute atomic E-state index is 0.0978. The van der Waals surface area contributed by atoms with Gasteiger partial charge in [-0.1, -0.05) is 60.7 Å². The standard InChI is InChI=1S/C42H32N4O/c1-26-22-29(28-12-5-4-6-13-28)23-27(2)39(26)30-24-36-34-17-10-20-38-46(34)42(44(36)25-30)40-35(18-9-19-37(40)47-38)45-33-16-8-7-14-31(33)32-15-11-21-43(3)41(32)45/h4-25,42H,1-3H3/q+2. The maximum atomic E-state index is 6.70. The number of para-hydroxylation sites is 1. The van der Waals surface area contributed by atoms with Gasteiger partial charge >= 0.3 is 5.88 Å². The lowest BCUT2D eigenvalue weighted by molar-refractivity contribution is -0.707. The molecule has 0 fully saturated rings.